The van der Waals surface area contributed by atoms with Gasteiger partial charge in [-0.1, -0.05) is 23.8 Å². The average Bonchev–Trinajstić information content (AvgIpc) is 3.05. The molecule has 0 aliphatic carbocycles. The Morgan fingerprint density at radius 3 is 2.59 bits per heavy atom. The molecule has 2 aromatic rings. The molecule has 6 heteroatoms. The molecule has 0 bridgehead atoms. The zero-order valence-electron chi connectivity index (χ0n) is 17.0. The second-order valence-electron chi connectivity index (χ2n) is 7.41. The van der Waals surface area contributed by atoms with E-state index in [1.54, 1.807) is 0 Å². The molecule has 5 nitrogen and oxygen atoms in total. The lowest BCUT2D eigenvalue weighted by atomic mass is 10.1. The summed E-state index contributed by atoms with van der Waals surface area (Å²) < 4.78 is 5.43. The predicted molar refractivity (Wildman–Crippen MR) is 121 cm³/mol. The van der Waals surface area contributed by atoms with Crippen LogP contribution >= 0.6 is 11.8 Å². The van der Waals surface area contributed by atoms with E-state index in [0.29, 0.717) is 10.1 Å². The maximum absolute atomic E-state index is 12.4. The number of ether oxygens (including phenoxy) is 1. The van der Waals surface area contributed by atoms with E-state index in [1.807, 2.05) is 25.1 Å². The Balaban J connectivity index is 1.53. The Kier molecular flexibility index (Phi) is 5.74. The summed E-state index contributed by atoms with van der Waals surface area (Å²) in [5.74, 6) is -0.102. The minimum Gasteiger partial charge on any atom is -0.378 e. The molecule has 0 spiro atoms. The molecule has 0 aromatic heterocycles. The van der Waals surface area contributed by atoms with Crippen molar-refractivity contribution in [1.29, 1.82) is 0 Å². The van der Waals surface area contributed by atoms with Gasteiger partial charge in [0.05, 0.1) is 23.8 Å². The average molecular weight is 408 g/mol. The molecule has 0 unspecified atom stereocenters. The summed E-state index contributed by atoms with van der Waals surface area (Å²) >= 11 is 1.39. The fourth-order valence-electron chi connectivity index (χ4n) is 3.50. The highest BCUT2D eigenvalue weighted by atomic mass is 32.2. The maximum atomic E-state index is 12.4. The first kappa shape index (κ1) is 19.7. The number of nitrogens with zero attached hydrogens (tertiary/aromatic N) is 2. The van der Waals surface area contributed by atoms with Crippen molar-refractivity contribution < 1.29 is 9.53 Å². The van der Waals surface area contributed by atoms with Crippen LogP contribution in [-0.2, 0) is 9.53 Å². The van der Waals surface area contributed by atoms with Crippen molar-refractivity contribution >= 4 is 40.3 Å². The Labute approximate surface area is 175 Å². The summed E-state index contributed by atoms with van der Waals surface area (Å²) in [6, 6.07) is 12.5. The first-order chi connectivity index (χ1) is 14.0. The molecule has 1 N–H and O–H groups in total. The lowest BCUT2D eigenvalue weighted by Crippen LogP contribution is -2.36. The smallest absolute Gasteiger partial charge is 0.264 e. The van der Waals surface area contributed by atoms with E-state index in [9.17, 15) is 4.79 Å². The SMILES string of the molecule is Cc1ccc(N=C2NC(=O)C(=Cc3ccc(N4CCOCC4)cc3C)S2)c(C)c1. The number of aryl methyl sites for hydroxylation is 3. The summed E-state index contributed by atoms with van der Waals surface area (Å²) in [6.45, 7) is 9.53. The number of benzene rings is 2. The number of aliphatic imine (C=N–C) groups is 1. The Bertz CT molecular complexity index is 1010. The van der Waals surface area contributed by atoms with Crippen LogP contribution in [0.1, 0.15) is 22.3 Å². The van der Waals surface area contributed by atoms with Gasteiger partial charge in [-0.05, 0) is 73.5 Å². The van der Waals surface area contributed by atoms with Gasteiger partial charge in [-0.25, -0.2) is 4.99 Å². The summed E-state index contributed by atoms with van der Waals surface area (Å²) in [6.07, 6.45) is 1.95. The summed E-state index contributed by atoms with van der Waals surface area (Å²) in [5.41, 5.74) is 6.58. The molecule has 2 heterocycles. The summed E-state index contributed by atoms with van der Waals surface area (Å²) in [4.78, 5) is 20.1. The maximum Gasteiger partial charge on any atom is 0.264 e. The molecule has 2 aromatic carbocycles. The van der Waals surface area contributed by atoms with Gasteiger partial charge in [0, 0.05) is 18.8 Å². The first-order valence-corrected chi connectivity index (χ1v) is 10.6. The number of thioether (sulfide) groups is 1. The molecule has 2 aliphatic rings. The minimum atomic E-state index is -0.102. The van der Waals surface area contributed by atoms with E-state index < -0.39 is 0 Å². The molecule has 0 atom stereocenters. The van der Waals surface area contributed by atoms with Crippen LogP contribution in [0.4, 0.5) is 11.4 Å². The van der Waals surface area contributed by atoms with Gasteiger partial charge in [0.2, 0.25) is 0 Å². The fraction of sp³-hybridized carbons (Fsp3) is 0.304. The molecule has 29 heavy (non-hydrogen) atoms. The first-order valence-electron chi connectivity index (χ1n) is 9.80. The van der Waals surface area contributed by atoms with Gasteiger partial charge in [-0.15, -0.1) is 0 Å². The molecule has 2 aliphatic heterocycles. The van der Waals surface area contributed by atoms with E-state index in [-0.39, 0.29) is 5.91 Å². The van der Waals surface area contributed by atoms with Crippen LogP contribution in [-0.4, -0.2) is 37.4 Å². The molecule has 150 valence electrons. The molecular weight excluding hydrogens is 382 g/mol. The van der Waals surface area contributed by atoms with Crippen LogP contribution in [0.3, 0.4) is 0 Å². The largest absolute Gasteiger partial charge is 0.378 e. The number of amidine groups is 1. The molecule has 1 amide bonds. The van der Waals surface area contributed by atoms with E-state index in [2.05, 4.69) is 53.3 Å². The zero-order chi connectivity index (χ0) is 20.4. The van der Waals surface area contributed by atoms with Crippen molar-refractivity contribution in [2.24, 2.45) is 4.99 Å². The zero-order valence-corrected chi connectivity index (χ0v) is 17.8. The normalized spacial score (nSPS) is 19.8. The number of amides is 1. The summed E-state index contributed by atoms with van der Waals surface area (Å²) in [5, 5.41) is 3.50. The van der Waals surface area contributed by atoms with Gasteiger partial charge in [-0.3, -0.25) is 4.79 Å². The number of hydrogen-bond acceptors (Lipinski definition) is 5. The quantitative estimate of drug-likeness (QED) is 0.769. The van der Waals surface area contributed by atoms with Crippen molar-refractivity contribution in [3.05, 3.63) is 63.6 Å². The molecule has 2 fully saturated rings. The van der Waals surface area contributed by atoms with Gasteiger partial charge >= 0.3 is 0 Å². The number of hydrogen-bond donors (Lipinski definition) is 1. The summed E-state index contributed by atoms with van der Waals surface area (Å²) in [7, 11) is 0. The highest BCUT2D eigenvalue weighted by Gasteiger charge is 2.24. The van der Waals surface area contributed by atoms with Crippen LogP contribution in [0.5, 0.6) is 0 Å². The van der Waals surface area contributed by atoms with Crippen LogP contribution in [0.2, 0.25) is 0 Å². The second-order valence-corrected chi connectivity index (χ2v) is 8.44. The molecule has 0 radical (unpaired) electrons. The lowest BCUT2D eigenvalue weighted by molar-refractivity contribution is -0.115. The third-order valence-corrected chi connectivity index (χ3v) is 6.05. The van der Waals surface area contributed by atoms with E-state index >= 15 is 0 Å². The monoisotopic (exact) mass is 407 g/mol. The van der Waals surface area contributed by atoms with Crippen molar-refractivity contribution in [3.8, 4) is 0 Å². The number of nitrogens with one attached hydrogen (secondary N) is 1. The Hall–Kier alpha value is -2.57. The van der Waals surface area contributed by atoms with Crippen LogP contribution in [0.15, 0.2) is 46.3 Å². The van der Waals surface area contributed by atoms with E-state index in [0.717, 1.165) is 48.7 Å². The minimum absolute atomic E-state index is 0.102. The third kappa shape index (κ3) is 4.54. The van der Waals surface area contributed by atoms with Gasteiger partial charge in [0.25, 0.3) is 5.91 Å². The van der Waals surface area contributed by atoms with Crippen molar-refractivity contribution in [2.45, 2.75) is 20.8 Å². The molecular formula is C23H25N3O2S. The van der Waals surface area contributed by atoms with Gasteiger partial charge in [0.15, 0.2) is 5.17 Å². The standard InChI is InChI=1S/C23H25N3O2S/c1-15-4-7-20(17(3)12-15)24-23-25-22(27)21(29-23)14-18-5-6-19(13-16(18)2)26-8-10-28-11-9-26/h4-7,12-14H,8-11H2,1-3H3,(H,24,25,27). The van der Waals surface area contributed by atoms with E-state index in [4.69, 9.17) is 4.74 Å². The molecule has 0 saturated carbocycles. The number of anilines is 1. The highest BCUT2D eigenvalue weighted by Crippen LogP contribution is 2.30. The Morgan fingerprint density at radius 1 is 1.07 bits per heavy atom. The van der Waals surface area contributed by atoms with Crippen molar-refractivity contribution in [1.82, 2.24) is 5.32 Å². The molecule has 2 saturated heterocycles. The Morgan fingerprint density at radius 2 is 1.86 bits per heavy atom. The predicted octanol–water partition coefficient (Wildman–Crippen LogP) is 4.34. The number of rotatable bonds is 3. The number of carbonyl (C=O) groups is 1. The highest BCUT2D eigenvalue weighted by molar-refractivity contribution is 8.18. The van der Waals surface area contributed by atoms with E-state index in [1.165, 1.54) is 23.0 Å². The van der Waals surface area contributed by atoms with Crippen molar-refractivity contribution in [3.63, 3.8) is 0 Å². The van der Waals surface area contributed by atoms with Gasteiger partial charge < -0.3 is 15.0 Å². The third-order valence-electron chi connectivity index (χ3n) is 5.14. The van der Waals surface area contributed by atoms with Gasteiger partial charge in [0.1, 0.15) is 0 Å². The number of carbonyl (C=O) groups excluding carboxylic acids is 1. The fourth-order valence-corrected chi connectivity index (χ4v) is 4.33. The lowest BCUT2D eigenvalue weighted by Gasteiger charge is -2.29. The van der Waals surface area contributed by atoms with Gasteiger partial charge in [-0.2, -0.15) is 0 Å². The number of morpholine rings is 1. The molecule has 4 rings (SSSR count). The van der Waals surface area contributed by atoms with Crippen molar-refractivity contribution in [2.75, 3.05) is 31.2 Å². The van der Waals surface area contributed by atoms with Crippen LogP contribution in [0, 0.1) is 20.8 Å². The van der Waals surface area contributed by atoms with Crippen LogP contribution < -0.4 is 10.2 Å². The topological polar surface area (TPSA) is 53.9 Å². The second kappa shape index (κ2) is 8.43. The van der Waals surface area contributed by atoms with Crippen LogP contribution in [0.25, 0.3) is 6.08 Å².